The molecule has 6 nitrogen and oxygen atoms in total. The van der Waals surface area contributed by atoms with Gasteiger partial charge in [-0.1, -0.05) is 38.8 Å². The largest absolute Gasteiger partial charge is 0.450 e. The Kier molecular flexibility index (Phi) is 6.21. The predicted molar refractivity (Wildman–Crippen MR) is 123 cm³/mol. The number of carbonyl (C=O) groups excluding carboxylic acids is 3. The molecule has 0 aromatic carbocycles. The molecule has 0 aromatic heterocycles. The van der Waals surface area contributed by atoms with Gasteiger partial charge < -0.3 is 14.9 Å². The van der Waals surface area contributed by atoms with E-state index in [-0.39, 0.29) is 24.5 Å². The van der Waals surface area contributed by atoms with E-state index in [2.05, 4.69) is 0 Å². The third kappa shape index (κ3) is 3.08. The number of esters is 1. The molecule has 0 radical (unpaired) electrons. The van der Waals surface area contributed by atoms with Gasteiger partial charge in [-0.3, -0.25) is 14.4 Å². The Morgan fingerprint density at radius 1 is 1.26 bits per heavy atom. The Balaban J connectivity index is 1.80. The van der Waals surface area contributed by atoms with E-state index in [1.165, 1.54) is 12.2 Å². The van der Waals surface area contributed by atoms with Crippen LogP contribution in [0.5, 0.6) is 0 Å². The fourth-order valence-corrected chi connectivity index (χ4v) is 8.07. The summed E-state index contributed by atoms with van der Waals surface area (Å²) in [5, 5.41) is 21.4. The van der Waals surface area contributed by atoms with Gasteiger partial charge in [0, 0.05) is 29.1 Å². The van der Waals surface area contributed by atoms with E-state index in [9.17, 15) is 24.6 Å². The number of hydrogen-bond donors (Lipinski definition) is 2. The van der Waals surface area contributed by atoms with Gasteiger partial charge in [-0.15, -0.1) is 0 Å². The van der Waals surface area contributed by atoms with E-state index >= 15 is 4.39 Å². The molecule has 0 amide bonds. The van der Waals surface area contributed by atoms with Gasteiger partial charge in [-0.05, 0) is 57.1 Å². The second-order valence-corrected chi connectivity index (χ2v) is 11.3. The lowest BCUT2D eigenvalue weighted by molar-refractivity contribution is -0.228. The lowest BCUT2D eigenvalue weighted by Crippen LogP contribution is -2.70. The number of aliphatic hydroxyl groups excluding tert-OH is 2. The van der Waals surface area contributed by atoms with Crippen molar-refractivity contribution in [3.63, 3.8) is 0 Å². The Morgan fingerprint density at radius 2 is 1.97 bits per heavy atom. The van der Waals surface area contributed by atoms with Gasteiger partial charge in [0.25, 0.3) is 0 Å². The minimum Gasteiger partial charge on any atom is -0.450 e. The Hall–Kier alpha value is -1.86. The number of Topliss-reactive ketones (excluding diaryl/α,β-unsaturated/α-hetero) is 1. The molecule has 7 heteroatoms. The van der Waals surface area contributed by atoms with Crippen LogP contribution < -0.4 is 0 Å². The molecule has 4 aliphatic carbocycles. The monoisotopic (exact) mass is 476 g/mol. The maximum absolute atomic E-state index is 17.3. The molecule has 3 saturated carbocycles. The summed E-state index contributed by atoms with van der Waals surface area (Å²) in [5.74, 6) is -2.62. The van der Waals surface area contributed by atoms with Crippen LogP contribution in [-0.2, 0) is 19.1 Å². The van der Waals surface area contributed by atoms with Crippen LogP contribution in [0.25, 0.3) is 0 Å². The topological polar surface area (TPSA) is 101 Å². The van der Waals surface area contributed by atoms with Crippen LogP contribution in [0, 0.1) is 28.6 Å². The summed E-state index contributed by atoms with van der Waals surface area (Å²) in [7, 11) is 0. The maximum atomic E-state index is 17.3. The molecule has 0 aliphatic heterocycles. The molecule has 2 N–H and O–H groups in total. The highest BCUT2D eigenvalue weighted by molar-refractivity contribution is 6.01. The number of unbranched alkanes of at least 4 members (excludes halogenated alkanes) is 1. The average Bonchev–Trinajstić information content (AvgIpc) is 3.00. The van der Waals surface area contributed by atoms with Crippen molar-refractivity contribution in [2.75, 3.05) is 6.61 Å². The molecule has 0 spiro atoms. The van der Waals surface area contributed by atoms with Gasteiger partial charge in [0.05, 0.1) is 6.10 Å². The molecule has 188 valence electrons. The van der Waals surface area contributed by atoms with Crippen molar-refractivity contribution in [1.29, 1.82) is 0 Å². The molecular weight excluding hydrogens is 439 g/mol. The van der Waals surface area contributed by atoms with Crippen LogP contribution in [0.1, 0.15) is 72.6 Å². The molecule has 4 aliphatic rings. The number of rotatable bonds is 6. The first-order chi connectivity index (χ1) is 15.9. The van der Waals surface area contributed by atoms with Gasteiger partial charge >= 0.3 is 5.97 Å². The Morgan fingerprint density at radius 3 is 2.62 bits per heavy atom. The number of ketones is 2. The van der Waals surface area contributed by atoms with E-state index in [1.807, 2.05) is 20.8 Å². The van der Waals surface area contributed by atoms with Crippen molar-refractivity contribution in [1.82, 2.24) is 0 Å². The lowest BCUT2D eigenvalue weighted by Gasteiger charge is -2.62. The van der Waals surface area contributed by atoms with Gasteiger partial charge in [0.15, 0.2) is 17.1 Å². The number of ether oxygens (including phenoxy) is 1. The first-order valence-electron chi connectivity index (χ1n) is 12.6. The fourth-order valence-electron chi connectivity index (χ4n) is 8.07. The summed E-state index contributed by atoms with van der Waals surface area (Å²) in [6, 6.07) is 0. The fraction of sp³-hybridized carbons (Fsp3) is 0.741. The first kappa shape index (κ1) is 25.2. The Bertz CT molecular complexity index is 957. The molecule has 4 rings (SSSR count). The number of allylic oxidation sites excluding steroid dienone is 4. The highest BCUT2D eigenvalue weighted by atomic mass is 19.1. The van der Waals surface area contributed by atoms with E-state index in [0.717, 1.165) is 6.42 Å². The molecule has 0 heterocycles. The summed E-state index contributed by atoms with van der Waals surface area (Å²) < 4.78 is 23.3. The van der Waals surface area contributed by atoms with Gasteiger partial charge in [-0.2, -0.15) is 0 Å². The third-order valence-corrected chi connectivity index (χ3v) is 9.75. The van der Waals surface area contributed by atoms with Crippen LogP contribution in [0.2, 0.25) is 0 Å². The minimum absolute atomic E-state index is 0.0769. The SMILES string of the molecule is CCCCC(=O)O[C@]1(C(=O)CO)[C@@H](C)C[C@H]2[C@@H]3CCC4=CC(=O)C=C[C@]4(C)C3(F)[C@@H](O)C[C@@]21C. The second kappa shape index (κ2) is 8.37. The number of alkyl halides is 1. The van der Waals surface area contributed by atoms with Crippen molar-refractivity contribution in [3.8, 4) is 0 Å². The highest BCUT2D eigenvalue weighted by Gasteiger charge is 2.77. The zero-order chi connectivity index (χ0) is 25.1. The second-order valence-electron chi connectivity index (χ2n) is 11.3. The molecule has 1 unspecified atom stereocenters. The van der Waals surface area contributed by atoms with Crippen LogP contribution in [0.3, 0.4) is 0 Å². The average molecular weight is 477 g/mol. The van der Waals surface area contributed by atoms with E-state index < -0.39 is 58.4 Å². The normalized spacial score (nSPS) is 45.1. The van der Waals surface area contributed by atoms with Gasteiger partial charge in [0.2, 0.25) is 5.78 Å². The molecule has 0 saturated heterocycles. The van der Waals surface area contributed by atoms with Crippen molar-refractivity contribution in [2.24, 2.45) is 28.6 Å². The zero-order valence-corrected chi connectivity index (χ0v) is 20.6. The van der Waals surface area contributed by atoms with Crippen molar-refractivity contribution in [2.45, 2.75) is 90.0 Å². The molecule has 34 heavy (non-hydrogen) atoms. The number of halogens is 1. The summed E-state index contributed by atoms with van der Waals surface area (Å²) in [6.45, 7) is 6.55. The molecule has 0 aromatic rings. The van der Waals surface area contributed by atoms with Crippen LogP contribution in [0.4, 0.5) is 4.39 Å². The van der Waals surface area contributed by atoms with Crippen molar-refractivity contribution < 1.29 is 33.7 Å². The van der Waals surface area contributed by atoms with E-state index in [4.69, 9.17) is 4.74 Å². The van der Waals surface area contributed by atoms with Gasteiger partial charge in [-0.25, -0.2) is 4.39 Å². The molecule has 0 bridgehead atoms. The summed E-state index contributed by atoms with van der Waals surface area (Å²) >= 11 is 0. The summed E-state index contributed by atoms with van der Waals surface area (Å²) in [5.41, 5.74) is -5.11. The minimum atomic E-state index is -2.03. The molecule has 8 atom stereocenters. The van der Waals surface area contributed by atoms with Crippen LogP contribution in [-0.4, -0.2) is 51.7 Å². The third-order valence-electron chi connectivity index (χ3n) is 9.75. The maximum Gasteiger partial charge on any atom is 0.306 e. The van der Waals surface area contributed by atoms with Crippen LogP contribution in [0.15, 0.2) is 23.8 Å². The predicted octanol–water partition coefficient (Wildman–Crippen LogP) is 3.64. The smallest absolute Gasteiger partial charge is 0.306 e. The summed E-state index contributed by atoms with van der Waals surface area (Å²) in [4.78, 5) is 38.1. The summed E-state index contributed by atoms with van der Waals surface area (Å²) in [6.07, 6.45) is 5.92. The molecular formula is C27H37FO6. The standard InChI is InChI=1S/C27H37FO6/c1-5-6-7-23(33)34-27(22(32)15-29)16(2)12-20-19-9-8-17-13-18(30)10-11-24(17,3)26(19,28)21(31)14-25(20,27)4/h10-11,13,16,19-21,29,31H,5-9,12,14-15H2,1-4H3/t16-,19-,20-,21-,24-,25-,26?,27-/m0/s1. The van der Waals surface area contributed by atoms with E-state index in [1.54, 1.807) is 13.0 Å². The zero-order valence-electron chi connectivity index (χ0n) is 20.6. The van der Waals surface area contributed by atoms with Crippen molar-refractivity contribution in [3.05, 3.63) is 23.8 Å². The number of aliphatic hydroxyl groups is 2. The Labute approximate surface area is 200 Å². The lowest BCUT2D eigenvalue weighted by atomic mass is 9.44. The number of fused-ring (bicyclic) bond motifs is 5. The van der Waals surface area contributed by atoms with Gasteiger partial charge in [0.1, 0.15) is 6.61 Å². The van der Waals surface area contributed by atoms with Crippen LogP contribution >= 0.6 is 0 Å². The van der Waals surface area contributed by atoms with Crippen molar-refractivity contribution >= 4 is 17.5 Å². The number of carbonyl (C=O) groups is 3. The van der Waals surface area contributed by atoms with E-state index in [0.29, 0.717) is 31.3 Å². The molecule has 3 fully saturated rings. The quantitative estimate of drug-likeness (QED) is 0.568. The number of hydrogen-bond acceptors (Lipinski definition) is 6. The first-order valence-corrected chi connectivity index (χ1v) is 12.6. The highest BCUT2D eigenvalue weighted by Crippen LogP contribution is 2.71.